The third kappa shape index (κ3) is 5.12. The number of thioether (sulfide) groups is 1. The molecule has 0 saturated carbocycles. The van der Waals surface area contributed by atoms with Crippen LogP contribution in [0.1, 0.15) is 18.5 Å². The van der Waals surface area contributed by atoms with E-state index in [1.807, 2.05) is 38.2 Å². The molecule has 0 spiro atoms. The quantitative estimate of drug-likeness (QED) is 0.742. The monoisotopic (exact) mass is 283 g/mol. The van der Waals surface area contributed by atoms with Crippen LogP contribution < -0.4 is 10.1 Å². The van der Waals surface area contributed by atoms with Crippen molar-refractivity contribution in [1.82, 2.24) is 5.32 Å². The molecular weight excluding hydrogens is 262 g/mol. The molecule has 19 heavy (non-hydrogen) atoms. The van der Waals surface area contributed by atoms with Gasteiger partial charge in [0.05, 0.1) is 19.5 Å². The fourth-order valence-corrected chi connectivity index (χ4v) is 2.69. The van der Waals surface area contributed by atoms with Crippen LogP contribution in [-0.2, 0) is 9.53 Å². The molecule has 0 aromatic heterocycles. The Hall–Kier alpha value is -1.20. The molecule has 0 bridgehead atoms. The van der Waals surface area contributed by atoms with Gasteiger partial charge in [-0.2, -0.15) is 0 Å². The SMILES string of the molecule is CCOc1ccccc1C(CSCC(=O)OC)NC. The van der Waals surface area contributed by atoms with Crippen molar-refractivity contribution in [2.75, 3.05) is 32.3 Å². The Morgan fingerprint density at radius 1 is 1.42 bits per heavy atom. The van der Waals surface area contributed by atoms with Crippen molar-refractivity contribution in [2.24, 2.45) is 0 Å². The molecule has 1 unspecified atom stereocenters. The van der Waals surface area contributed by atoms with Gasteiger partial charge in [-0.15, -0.1) is 11.8 Å². The van der Waals surface area contributed by atoms with Crippen molar-refractivity contribution in [3.8, 4) is 5.75 Å². The van der Waals surface area contributed by atoms with E-state index in [-0.39, 0.29) is 12.0 Å². The van der Waals surface area contributed by atoms with Crippen molar-refractivity contribution < 1.29 is 14.3 Å². The van der Waals surface area contributed by atoms with Gasteiger partial charge in [0.1, 0.15) is 5.75 Å². The van der Waals surface area contributed by atoms with E-state index >= 15 is 0 Å². The first-order chi connectivity index (χ1) is 9.22. The van der Waals surface area contributed by atoms with Gasteiger partial charge in [-0.05, 0) is 20.0 Å². The molecule has 0 aliphatic carbocycles. The largest absolute Gasteiger partial charge is 0.494 e. The van der Waals surface area contributed by atoms with Crippen molar-refractivity contribution in [3.05, 3.63) is 29.8 Å². The second-order valence-corrected chi connectivity index (χ2v) is 4.93. The molecule has 0 aliphatic heterocycles. The lowest BCUT2D eigenvalue weighted by Crippen LogP contribution is -2.20. The summed E-state index contributed by atoms with van der Waals surface area (Å²) < 4.78 is 10.3. The second kappa shape index (κ2) is 8.82. The van der Waals surface area contributed by atoms with E-state index in [0.29, 0.717) is 12.4 Å². The third-order valence-corrected chi connectivity index (χ3v) is 3.68. The molecule has 0 aliphatic rings. The minimum atomic E-state index is -0.196. The molecule has 1 rings (SSSR count). The number of carbonyl (C=O) groups is 1. The van der Waals surface area contributed by atoms with E-state index in [2.05, 4.69) is 10.1 Å². The van der Waals surface area contributed by atoms with Crippen molar-refractivity contribution in [3.63, 3.8) is 0 Å². The van der Waals surface area contributed by atoms with Crippen LogP contribution in [0.4, 0.5) is 0 Å². The summed E-state index contributed by atoms with van der Waals surface area (Å²) in [5.41, 5.74) is 1.12. The number of rotatable bonds is 8. The summed E-state index contributed by atoms with van der Waals surface area (Å²) in [6, 6.07) is 8.12. The second-order valence-electron chi connectivity index (χ2n) is 3.90. The highest BCUT2D eigenvalue weighted by Gasteiger charge is 2.15. The van der Waals surface area contributed by atoms with E-state index in [4.69, 9.17) is 4.74 Å². The molecular formula is C14H21NO3S. The van der Waals surface area contributed by atoms with Crippen LogP contribution in [0.15, 0.2) is 24.3 Å². The van der Waals surface area contributed by atoms with Crippen molar-refractivity contribution in [1.29, 1.82) is 0 Å². The van der Waals surface area contributed by atoms with Gasteiger partial charge in [0.25, 0.3) is 0 Å². The highest BCUT2D eigenvalue weighted by molar-refractivity contribution is 7.99. The number of hydrogen-bond donors (Lipinski definition) is 1. The molecule has 1 N–H and O–H groups in total. The van der Waals surface area contributed by atoms with E-state index in [1.165, 1.54) is 7.11 Å². The molecule has 0 fully saturated rings. The molecule has 106 valence electrons. The molecule has 1 aromatic rings. The number of esters is 1. The molecule has 0 saturated heterocycles. The molecule has 5 heteroatoms. The van der Waals surface area contributed by atoms with Gasteiger partial charge in [0, 0.05) is 17.4 Å². The predicted octanol–water partition coefficient (Wildman–Crippen LogP) is 2.25. The van der Waals surface area contributed by atoms with Crippen LogP contribution in [0.2, 0.25) is 0 Å². The minimum absolute atomic E-state index is 0.150. The summed E-state index contributed by atoms with van der Waals surface area (Å²) in [6.07, 6.45) is 0. The zero-order chi connectivity index (χ0) is 14.1. The van der Waals surface area contributed by atoms with Crippen LogP contribution in [0.5, 0.6) is 5.75 Å². The van der Waals surface area contributed by atoms with Gasteiger partial charge in [-0.3, -0.25) is 4.79 Å². The summed E-state index contributed by atoms with van der Waals surface area (Å²) in [6.45, 7) is 2.61. The highest BCUT2D eigenvalue weighted by Crippen LogP contribution is 2.27. The van der Waals surface area contributed by atoms with Crippen molar-refractivity contribution in [2.45, 2.75) is 13.0 Å². The third-order valence-electron chi connectivity index (χ3n) is 2.67. The maximum atomic E-state index is 11.1. The summed E-state index contributed by atoms with van der Waals surface area (Å²) >= 11 is 1.55. The zero-order valence-electron chi connectivity index (χ0n) is 11.6. The number of methoxy groups -OCH3 is 1. The van der Waals surface area contributed by atoms with Gasteiger partial charge < -0.3 is 14.8 Å². The van der Waals surface area contributed by atoms with Gasteiger partial charge in [-0.1, -0.05) is 18.2 Å². The number of ether oxygens (including phenoxy) is 2. The average Bonchev–Trinajstić information content (AvgIpc) is 2.44. The Kier molecular flexibility index (Phi) is 7.36. The molecule has 4 nitrogen and oxygen atoms in total. The van der Waals surface area contributed by atoms with Gasteiger partial charge >= 0.3 is 5.97 Å². The smallest absolute Gasteiger partial charge is 0.315 e. The summed E-state index contributed by atoms with van der Waals surface area (Å²) in [4.78, 5) is 11.1. The highest BCUT2D eigenvalue weighted by atomic mass is 32.2. The maximum absolute atomic E-state index is 11.1. The number of benzene rings is 1. The van der Waals surface area contributed by atoms with E-state index in [1.54, 1.807) is 11.8 Å². The van der Waals surface area contributed by atoms with Gasteiger partial charge in [0.15, 0.2) is 0 Å². The molecule has 1 atom stereocenters. The normalized spacial score (nSPS) is 11.9. The summed E-state index contributed by atoms with van der Waals surface area (Å²) in [7, 11) is 3.31. The molecule has 0 amide bonds. The number of carbonyl (C=O) groups excluding carboxylic acids is 1. The number of nitrogens with one attached hydrogen (secondary N) is 1. The Morgan fingerprint density at radius 2 is 2.16 bits per heavy atom. The lowest BCUT2D eigenvalue weighted by Gasteiger charge is -2.19. The van der Waals surface area contributed by atoms with E-state index < -0.39 is 0 Å². The van der Waals surface area contributed by atoms with Gasteiger partial charge in [-0.25, -0.2) is 0 Å². The zero-order valence-corrected chi connectivity index (χ0v) is 12.5. The fraction of sp³-hybridized carbons (Fsp3) is 0.500. The van der Waals surface area contributed by atoms with E-state index in [9.17, 15) is 4.79 Å². The maximum Gasteiger partial charge on any atom is 0.315 e. The first-order valence-corrected chi connectivity index (χ1v) is 7.41. The Balaban J connectivity index is 2.65. The van der Waals surface area contributed by atoms with Crippen LogP contribution in [0.3, 0.4) is 0 Å². The Bertz CT molecular complexity index is 398. The van der Waals surface area contributed by atoms with Crippen LogP contribution in [0.25, 0.3) is 0 Å². The lowest BCUT2D eigenvalue weighted by molar-refractivity contribution is -0.137. The molecule has 0 heterocycles. The van der Waals surface area contributed by atoms with Crippen LogP contribution >= 0.6 is 11.8 Å². The summed E-state index contributed by atoms with van der Waals surface area (Å²) in [5, 5.41) is 3.26. The Morgan fingerprint density at radius 3 is 2.79 bits per heavy atom. The number of hydrogen-bond acceptors (Lipinski definition) is 5. The molecule has 1 aromatic carbocycles. The standard InChI is InChI=1S/C14H21NO3S/c1-4-18-13-8-6-5-7-11(13)12(15-2)9-19-10-14(16)17-3/h5-8,12,15H,4,9-10H2,1-3H3. The van der Waals surface area contributed by atoms with Crippen LogP contribution in [0, 0.1) is 0 Å². The summed E-state index contributed by atoms with van der Waals surface area (Å²) in [5.74, 6) is 1.85. The number of para-hydroxylation sites is 1. The van der Waals surface area contributed by atoms with E-state index in [0.717, 1.165) is 17.1 Å². The first-order valence-electron chi connectivity index (χ1n) is 6.26. The topological polar surface area (TPSA) is 47.6 Å². The average molecular weight is 283 g/mol. The molecule has 0 radical (unpaired) electrons. The minimum Gasteiger partial charge on any atom is -0.494 e. The van der Waals surface area contributed by atoms with Crippen LogP contribution in [-0.4, -0.2) is 38.2 Å². The predicted molar refractivity (Wildman–Crippen MR) is 78.8 cm³/mol. The first kappa shape index (κ1) is 15.9. The Labute approximate surface area is 118 Å². The van der Waals surface area contributed by atoms with Gasteiger partial charge in [0.2, 0.25) is 0 Å². The lowest BCUT2D eigenvalue weighted by atomic mass is 10.1. The van der Waals surface area contributed by atoms with Crippen molar-refractivity contribution >= 4 is 17.7 Å². The fourth-order valence-electron chi connectivity index (χ4n) is 1.70.